The number of hydrogen-bond donors (Lipinski definition) is 1. The molecule has 1 fully saturated rings. The van der Waals surface area contributed by atoms with E-state index in [1.807, 2.05) is 29.7 Å². The van der Waals surface area contributed by atoms with Crippen LogP contribution in [-0.2, 0) is 10.0 Å². The zero-order valence-corrected chi connectivity index (χ0v) is 20.1. The molecule has 2 unspecified atom stereocenters. The van der Waals surface area contributed by atoms with Gasteiger partial charge in [-0.25, -0.2) is 12.8 Å². The lowest BCUT2D eigenvalue weighted by molar-refractivity contribution is -0.147. The molecule has 2 aromatic heterocycles. The van der Waals surface area contributed by atoms with E-state index in [-0.39, 0.29) is 28.7 Å². The Bertz CT molecular complexity index is 1440. The van der Waals surface area contributed by atoms with E-state index in [0.717, 1.165) is 11.1 Å². The monoisotopic (exact) mass is 508 g/mol. The molecule has 0 spiro atoms. The molecule has 2 heterocycles. The molecule has 0 amide bonds. The van der Waals surface area contributed by atoms with Crippen molar-refractivity contribution in [1.82, 2.24) is 14.3 Å². The van der Waals surface area contributed by atoms with E-state index in [2.05, 4.69) is 11.1 Å². The molecule has 6 nitrogen and oxygen atoms in total. The van der Waals surface area contributed by atoms with Crippen molar-refractivity contribution in [3.8, 4) is 17.5 Å². The van der Waals surface area contributed by atoms with Gasteiger partial charge in [-0.3, -0.25) is 4.98 Å². The molecule has 3 aromatic rings. The number of fused-ring (bicyclic) bond motifs is 1. The van der Waals surface area contributed by atoms with E-state index >= 15 is 0 Å². The molecular weight excluding hydrogens is 484 g/mol. The molecule has 0 aliphatic heterocycles. The Morgan fingerprint density at radius 2 is 1.91 bits per heavy atom. The topological polar surface area (TPSA) is 87.8 Å². The summed E-state index contributed by atoms with van der Waals surface area (Å²) >= 11 is 0. The van der Waals surface area contributed by atoms with Gasteiger partial charge in [0, 0.05) is 11.4 Å². The van der Waals surface area contributed by atoms with Crippen LogP contribution in [0.25, 0.3) is 22.3 Å². The highest BCUT2D eigenvalue weighted by Gasteiger charge is 2.39. The molecule has 1 aliphatic rings. The number of nitrogens with one attached hydrogen (secondary N) is 1. The van der Waals surface area contributed by atoms with Gasteiger partial charge in [-0.2, -0.15) is 23.2 Å². The number of aromatic nitrogens is 2. The SMILES string of the molecule is Cc1ccc2c(C#N)c(-c3ccc(S(=O)(=O)N[C@@H](C)C(F)(F)F)c(C)n3)n(C3CCC(F)C3)c2c1. The summed E-state index contributed by atoms with van der Waals surface area (Å²) in [5.74, 6) is 0. The minimum Gasteiger partial charge on any atom is -0.335 e. The lowest BCUT2D eigenvalue weighted by atomic mass is 10.1. The molecular formula is C24H24F4N4O2S. The molecule has 1 saturated carbocycles. The first kappa shape index (κ1) is 25.1. The summed E-state index contributed by atoms with van der Waals surface area (Å²) in [7, 11) is -4.51. The third-order valence-corrected chi connectivity index (χ3v) is 8.04. The Kier molecular flexibility index (Phi) is 6.40. The van der Waals surface area contributed by atoms with Crippen LogP contribution in [0.4, 0.5) is 17.6 Å². The van der Waals surface area contributed by atoms with Crippen molar-refractivity contribution in [1.29, 1.82) is 5.26 Å². The van der Waals surface area contributed by atoms with Gasteiger partial charge >= 0.3 is 6.18 Å². The molecule has 11 heteroatoms. The van der Waals surface area contributed by atoms with Crippen molar-refractivity contribution < 1.29 is 26.0 Å². The summed E-state index contributed by atoms with van der Waals surface area (Å²) < 4.78 is 81.7. The van der Waals surface area contributed by atoms with Gasteiger partial charge in [0.05, 0.1) is 28.2 Å². The third kappa shape index (κ3) is 4.65. The summed E-state index contributed by atoms with van der Waals surface area (Å²) in [6, 6.07) is 7.87. The van der Waals surface area contributed by atoms with E-state index in [1.165, 1.54) is 19.1 Å². The summed E-state index contributed by atoms with van der Waals surface area (Å²) in [5, 5.41) is 10.7. The minimum absolute atomic E-state index is 0.0176. The van der Waals surface area contributed by atoms with Gasteiger partial charge in [-0.1, -0.05) is 12.1 Å². The number of rotatable bonds is 5. The second-order valence-electron chi connectivity index (χ2n) is 8.95. The van der Waals surface area contributed by atoms with Crippen molar-refractivity contribution in [3.05, 3.63) is 47.2 Å². The molecule has 0 bridgehead atoms. The predicted octanol–water partition coefficient (Wildman–Crippen LogP) is 5.48. The standard InChI is InChI=1S/C24H24F4N4O2S/c1-13-4-7-18-19(12-29)23(32(21(18)10-13)17-6-5-16(25)11-17)20-8-9-22(14(2)30-20)35(33,34)31-15(3)24(26,27)28/h4,7-10,15-17,31H,5-6,11H2,1-3H3/t15-,16?,17?/m0/s1. The number of benzene rings is 1. The number of halogens is 4. The maximum absolute atomic E-state index is 14.2. The van der Waals surface area contributed by atoms with Crippen LogP contribution in [0.5, 0.6) is 0 Å². The molecule has 1 aliphatic carbocycles. The van der Waals surface area contributed by atoms with Crippen molar-refractivity contribution in [2.75, 3.05) is 0 Å². The fraction of sp³-hybridized carbons (Fsp3) is 0.417. The van der Waals surface area contributed by atoms with Crippen molar-refractivity contribution in [3.63, 3.8) is 0 Å². The van der Waals surface area contributed by atoms with E-state index < -0.39 is 28.4 Å². The Labute approximate surface area is 200 Å². The zero-order chi connectivity index (χ0) is 25.7. The second-order valence-corrected chi connectivity index (χ2v) is 10.6. The van der Waals surface area contributed by atoms with Gasteiger partial charge in [0.1, 0.15) is 23.2 Å². The van der Waals surface area contributed by atoms with Crippen LogP contribution in [0.1, 0.15) is 49.0 Å². The van der Waals surface area contributed by atoms with Crippen molar-refractivity contribution >= 4 is 20.9 Å². The Hall–Kier alpha value is -2.97. The van der Waals surface area contributed by atoms with Gasteiger partial charge in [-0.15, -0.1) is 0 Å². The molecule has 1 N–H and O–H groups in total. The van der Waals surface area contributed by atoms with Crippen LogP contribution in [0, 0.1) is 25.2 Å². The molecule has 0 radical (unpaired) electrons. The maximum Gasteiger partial charge on any atom is 0.404 e. The van der Waals surface area contributed by atoms with E-state index in [0.29, 0.717) is 36.4 Å². The second kappa shape index (κ2) is 8.91. The summed E-state index contributed by atoms with van der Waals surface area (Å²) in [6.07, 6.45) is -4.47. The first-order valence-electron chi connectivity index (χ1n) is 11.1. The third-order valence-electron chi connectivity index (χ3n) is 6.37. The van der Waals surface area contributed by atoms with Crippen LogP contribution < -0.4 is 4.72 Å². The van der Waals surface area contributed by atoms with Gasteiger partial charge < -0.3 is 4.57 Å². The number of pyridine rings is 1. The van der Waals surface area contributed by atoms with Crippen molar-refractivity contribution in [2.24, 2.45) is 0 Å². The number of aryl methyl sites for hydroxylation is 2. The fourth-order valence-corrected chi connectivity index (χ4v) is 6.04. The average molecular weight is 509 g/mol. The summed E-state index contributed by atoms with van der Waals surface area (Å²) in [5.41, 5.74) is 2.75. The molecule has 186 valence electrons. The number of nitrogens with zero attached hydrogens (tertiary/aromatic N) is 3. The van der Waals surface area contributed by atoms with E-state index in [1.54, 1.807) is 4.72 Å². The largest absolute Gasteiger partial charge is 0.404 e. The average Bonchev–Trinajstić information content (AvgIpc) is 3.32. The molecule has 4 rings (SSSR count). The number of hydrogen-bond acceptors (Lipinski definition) is 4. The Morgan fingerprint density at radius 1 is 1.20 bits per heavy atom. The molecule has 3 atom stereocenters. The summed E-state index contributed by atoms with van der Waals surface area (Å²) in [4.78, 5) is 4.00. The van der Waals surface area contributed by atoms with E-state index in [4.69, 9.17) is 0 Å². The number of sulfonamides is 1. The first-order chi connectivity index (χ1) is 16.3. The van der Waals surface area contributed by atoms with Crippen LogP contribution >= 0.6 is 0 Å². The van der Waals surface area contributed by atoms with Crippen LogP contribution in [0.2, 0.25) is 0 Å². The lowest BCUT2D eigenvalue weighted by Gasteiger charge is -2.20. The molecule has 0 saturated heterocycles. The maximum atomic E-state index is 14.2. The molecule has 35 heavy (non-hydrogen) atoms. The number of nitriles is 1. The van der Waals surface area contributed by atoms with Crippen LogP contribution in [-0.4, -0.2) is 36.4 Å². The van der Waals surface area contributed by atoms with Gasteiger partial charge in [0.2, 0.25) is 10.0 Å². The minimum atomic E-state index is -4.75. The van der Waals surface area contributed by atoms with Crippen LogP contribution in [0.3, 0.4) is 0 Å². The van der Waals surface area contributed by atoms with Gasteiger partial charge in [-0.05, 0) is 63.8 Å². The fourth-order valence-electron chi connectivity index (χ4n) is 4.63. The number of alkyl halides is 4. The quantitative estimate of drug-likeness (QED) is 0.462. The Balaban J connectivity index is 1.87. The van der Waals surface area contributed by atoms with Gasteiger partial charge in [0.25, 0.3) is 0 Å². The van der Waals surface area contributed by atoms with Crippen LogP contribution in [0.15, 0.2) is 35.2 Å². The highest BCUT2D eigenvalue weighted by molar-refractivity contribution is 7.89. The Morgan fingerprint density at radius 3 is 2.49 bits per heavy atom. The highest BCUT2D eigenvalue weighted by Crippen LogP contribution is 2.42. The van der Waals surface area contributed by atoms with Gasteiger partial charge in [0.15, 0.2) is 0 Å². The van der Waals surface area contributed by atoms with E-state index in [9.17, 15) is 31.2 Å². The lowest BCUT2D eigenvalue weighted by Crippen LogP contribution is -2.43. The molecule has 1 aromatic carbocycles. The highest BCUT2D eigenvalue weighted by atomic mass is 32.2. The zero-order valence-electron chi connectivity index (χ0n) is 19.3. The van der Waals surface area contributed by atoms with Crippen molar-refractivity contribution in [2.45, 2.75) is 69.4 Å². The smallest absolute Gasteiger partial charge is 0.335 e. The predicted molar refractivity (Wildman–Crippen MR) is 123 cm³/mol. The first-order valence-corrected chi connectivity index (χ1v) is 12.6. The summed E-state index contributed by atoms with van der Waals surface area (Å²) in [6.45, 7) is 4.01. The normalized spacial score (nSPS) is 19.7.